The summed E-state index contributed by atoms with van der Waals surface area (Å²) < 4.78 is 0. The first-order chi connectivity index (χ1) is 8.61. The van der Waals surface area contributed by atoms with Crippen LogP contribution in [0.1, 0.15) is 18.5 Å². The number of phenolic OH excluding ortho intramolecular Hbond substituents is 1. The summed E-state index contributed by atoms with van der Waals surface area (Å²) in [5, 5.41) is 18.9. The van der Waals surface area contributed by atoms with E-state index >= 15 is 0 Å². The fourth-order valence-electron chi connectivity index (χ4n) is 2.37. The molecular weight excluding hydrogens is 226 g/mol. The number of hydrogen-bond donors (Lipinski definition) is 1. The molecular formula is C14H19N3O. The zero-order valence-electron chi connectivity index (χ0n) is 10.9. The van der Waals surface area contributed by atoms with Crippen molar-refractivity contribution in [1.29, 1.82) is 5.26 Å². The Morgan fingerprint density at radius 2 is 2.22 bits per heavy atom. The van der Waals surface area contributed by atoms with Crippen LogP contribution in [0, 0.1) is 11.3 Å². The van der Waals surface area contributed by atoms with Crippen molar-refractivity contribution < 1.29 is 5.11 Å². The van der Waals surface area contributed by atoms with Crippen LogP contribution in [0.25, 0.3) is 0 Å². The van der Waals surface area contributed by atoms with E-state index in [-0.39, 0.29) is 11.8 Å². The van der Waals surface area contributed by atoms with E-state index in [4.69, 9.17) is 0 Å². The van der Waals surface area contributed by atoms with Gasteiger partial charge in [0.2, 0.25) is 0 Å². The third kappa shape index (κ3) is 2.63. The van der Waals surface area contributed by atoms with Crippen LogP contribution in [0.15, 0.2) is 24.3 Å². The molecule has 4 nitrogen and oxygen atoms in total. The van der Waals surface area contributed by atoms with E-state index in [1.807, 2.05) is 6.07 Å². The fraction of sp³-hybridized carbons (Fsp3) is 0.500. The Morgan fingerprint density at radius 1 is 1.44 bits per heavy atom. The third-order valence-electron chi connectivity index (χ3n) is 3.66. The maximum absolute atomic E-state index is 9.51. The molecule has 1 N–H and O–H groups in total. The van der Waals surface area contributed by atoms with Crippen LogP contribution in [0.2, 0.25) is 0 Å². The molecule has 0 spiro atoms. The predicted molar refractivity (Wildman–Crippen MR) is 70.1 cm³/mol. The second-order valence-corrected chi connectivity index (χ2v) is 4.95. The van der Waals surface area contributed by atoms with Gasteiger partial charge in [0.15, 0.2) is 0 Å². The van der Waals surface area contributed by atoms with Gasteiger partial charge in [-0.3, -0.25) is 4.90 Å². The lowest BCUT2D eigenvalue weighted by atomic mass is 10.0. The van der Waals surface area contributed by atoms with Gasteiger partial charge < -0.3 is 10.0 Å². The van der Waals surface area contributed by atoms with Crippen molar-refractivity contribution in [3.05, 3.63) is 29.8 Å². The molecule has 0 amide bonds. The van der Waals surface area contributed by atoms with Gasteiger partial charge in [0.1, 0.15) is 11.8 Å². The molecule has 0 bridgehead atoms. The molecule has 1 aliphatic rings. The average Bonchev–Trinajstić information content (AvgIpc) is 2.35. The molecule has 4 heteroatoms. The molecule has 0 aliphatic carbocycles. The normalized spacial score (nSPS) is 23.5. The molecule has 18 heavy (non-hydrogen) atoms. The number of likely N-dealkylation sites (N-methyl/N-ethyl adjacent to an activating group) is 1. The summed E-state index contributed by atoms with van der Waals surface area (Å²) in [5.41, 5.74) is 0.870. The zero-order valence-corrected chi connectivity index (χ0v) is 10.9. The van der Waals surface area contributed by atoms with Crippen molar-refractivity contribution >= 4 is 0 Å². The van der Waals surface area contributed by atoms with Crippen LogP contribution in [0.4, 0.5) is 0 Å². The van der Waals surface area contributed by atoms with E-state index in [1.54, 1.807) is 18.2 Å². The second-order valence-electron chi connectivity index (χ2n) is 4.95. The summed E-state index contributed by atoms with van der Waals surface area (Å²) in [6.45, 7) is 4.90. The molecule has 0 saturated carbocycles. The first-order valence-electron chi connectivity index (χ1n) is 6.24. The number of phenols is 1. The van der Waals surface area contributed by atoms with Crippen LogP contribution in [0.5, 0.6) is 5.75 Å². The number of benzene rings is 1. The minimum absolute atomic E-state index is 0.218. The van der Waals surface area contributed by atoms with Crippen LogP contribution < -0.4 is 0 Å². The van der Waals surface area contributed by atoms with Gasteiger partial charge in [0.05, 0.1) is 6.07 Å². The van der Waals surface area contributed by atoms with E-state index in [0.717, 1.165) is 25.2 Å². The minimum atomic E-state index is -0.270. The summed E-state index contributed by atoms with van der Waals surface area (Å²) in [7, 11) is 2.11. The number of nitrogens with zero attached hydrogens (tertiary/aromatic N) is 3. The molecule has 1 heterocycles. The van der Waals surface area contributed by atoms with E-state index in [2.05, 4.69) is 29.8 Å². The molecule has 2 unspecified atom stereocenters. The Balaban J connectivity index is 2.17. The predicted octanol–water partition coefficient (Wildman–Crippen LogP) is 1.59. The van der Waals surface area contributed by atoms with Crippen molar-refractivity contribution in [1.82, 2.24) is 9.80 Å². The molecule has 1 aliphatic heterocycles. The van der Waals surface area contributed by atoms with Gasteiger partial charge in [-0.05, 0) is 31.7 Å². The van der Waals surface area contributed by atoms with Gasteiger partial charge in [-0.25, -0.2) is 0 Å². The van der Waals surface area contributed by atoms with Crippen molar-refractivity contribution in [2.24, 2.45) is 0 Å². The third-order valence-corrected chi connectivity index (χ3v) is 3.66. The van der Waals surface area contributed by atoms with Gasteiger partial charge in [-0.2, -0.15) is 5.26 Å². The maximum atomic E-state index is 9.51. The maximum Gasteiger partial charge on any atom is 0.124 e. The topological polar surface area (TPSA) is 50.5 Å². The number of aromatic hydroxyl groups is 1. The highest BCUT2D eigenvalue weighted by molar-refractivity contribution is 5.32. The van der Waals surface area contributed by atoms with Crippen molar-refractivity contribution in [3.8, 4) is 11.8 Å². The van der Waals surface area contributed by atoms with Crippen molar-refractivity contribution in [2.75, 3.05) is 26.7 Å². The van der Waals surface area contributed by atoms with Crippen LogP contribution in [-0.2, 0) is 0 Å². The molecule has 2 atom stereocenters. The van der Waals surface area contributed by atoms with Gasteiger partial charge in [0, 0.05) is 25.7 Å². The van der Waals surface area contributed by atoms with Crippen LogP contribution in [-0.4, -0.2) is 47.6 Å². The largest absolute Gasteiger partial charge is 0.508 e. The van der Waals surface area contributed by atoms with E-state index < -0.39 is 0 Å². The summed E-state index contributed by atoms with van der Waals surface area (Å²) in [5.74, 6) is 0.218. The highest BCUT2D eigenvalue weighted by Gasteiger charge is 2.27. The average molecular weight is 245 g/mol. The monoisotopic (exact) mass is 245 g/mol. The number of hydrogen-bond acceptors (Lipinski definition) is 4. The van der Waals surface area contributed by atoms with Crippen molar-refractivity contribution in [2.45, 2.75) is 19.0 Å². The first-order valence-corrected chi connectivity index (χ1v) is 6.24. The summed E-state index contributed by atoms with van der Waals surface area (Å²) in [4.78, 5) is 4.48. The lowest BCUT2D eigenvalue weighted by Crippen LogP contribution is -2.50. The van der Waals surface area contributed by atoms with E-state index in [0.29, 0.717) is 6.04 Å². The molecule has 1 saturated heterocycles. The van der Waals surface area contributed by atoms with E-state index in [1.165, 1.54) is 0 Å². The van der Waals surface area contributed by atoms with Gasteiger partial charge in [0.25, 0.3) is 0 Å². The molecule has 1 fully saturated rings. The fourth-order valence-corrected chi connectivity index (χ4v) is 2.37. The lowest BCUT2D eigenvalue weighted by molar-refractivity contribution is 0.0880. The Bertz CT molecular complexity index is 455. The molecule has 96 valence electrons. The molecule has 1 aromatic rings. The lowest BCUT2D eigenvalue weighted by Gasteiger charge is -2.39. The van der Waals surface area contributed by atoms with Crippen LogP contribution >= 0.6 is 0 Å². The number of nitriles is 1. The minimum Gasteiger partial charge on any atom is -0.508 e. The van der Waals surface area contributed by atoms with Gasteiger partial charge >= 0.3 is 0 Å². The van der Waals surface area contributed by atoms with E-state index in [9.17, 15) is 10.4 Å². The summed E-state index contributed by atoms with van der Waals surface area (Å²) >= 11 is 0. The molecule has 1 aromatic carbocycles. The second kappa shape index (κ2) is 5.38. The van der Waals surface area contributed by atoms with Crippen LogP contribution in [0.3, 0.4) is 0 Å². The highest BCUT2D eigenvalue weighted by atomic mass is 16.3. The Kier molecular flexibility index (Phi) is 3.85. The summed E-state index contributed by atoms with van der Waals surface area (Å²) in [6.07, 6.45) is 0. The molecule has 2 rings (SSSR count). The Morgan fingerprint density at radius 3 is 2.83 bits per heavy atom. The number of piperazine rings is 1. The quantitative estimate of drug-likeness (QED) is 0.859. The Hall–Kier alpha value is -1.57. The molecule has 0 radical (unpaired) electrons. The molecule has 0 aromatic heterocycles. The Labute approximate surface area is 108 Å². The number of rotatable bonds is 2. The van der Waals surface area contributed by atoms with Gasteiger partial charge in [-0.15, -0.1) is 0 Å². The zero-order chi connectivity index (χ0) is 13.1. The smallest absolute Gasteiger partial charge is 0.124 e. The first kappa shape index (κ1) is 12.9. The SMILES string of the molecule is CC1CN(C(C#N)c2cccc(O)c2)CCN1C. The van der Waals surface area contributed by atoms with Gasteiger partial charge in [-0.1, -0.05) is 12.1 Å². The highest BCUT2D eigenvalue weighted by Crippen LogP contribution is 2.25. The standard InChI is InChI=1S/C14H19N3O/c1-11-10-17(7-6-16(11)2)14(9-15)12-4-3-5-13(18)8-12/h3-5,8,11,14,18H,6-7,10H2,1-2H3. The van der Waals surface area contributed by atoms with Crippen molar-refractivity contribution in [3.63, 3.8) is 0 Å². The summed E-state index contributed by atoms with van der Waals surface area (Å²) in [6, 6.07) is 9.52.